The highest BCUT2D eigenvalue weighted by atomic mass is 16.3. The fourth-order valence-corrected chi connectivity index (χ4v) is 6.52. The van der Waals surface area contributed by atoms with Crippen LogP contribution in [0.25, 0.3) is 38.8 Å². The second kappa shape index (κ2) is 11.5. The van der Waals surface area contributed by atoms with Crippen LogP contribution in [0.15, 0.2) is 162 Å². The number of para-hydroxylation sites is 2. The molecule has 0 fully saturated rings. The number of hydrogen-bond donors (Lipinski definition) is 2. The van der Waals surface area contributed by atoms with Crippen LogP contribution in [0.3, 0.4) is 0 Å². The molecule has 2 unspecified atom stereocenters. The van der Waals surface area contributed by atoms with E-state index in [1.54, 1.807) is 0 Å². The molecular formula is C41H33N3O. The quantitative estimate of drug-likeness (QED) is 0.204. The Kier molecular flexibility index (Phi) is 6.90. The lowest BCUT2D eigenvalue weighted by Crippen LogP contribution is -2.41. The van der Waals surface area contributed by atoms with E-state index in [1.165, 1.54) is 16.7 Å². The number of nitrogens with zero attached hydrogens (tertiary/aromatic N) is 1. The van der Waals surface area contributed by atoms with Crippen LogP contribution in [0.1, 0.15) is 28.9 Å². The van der Waals surface area contributed by atoms with E-state index in [9.17, 15) is 0 Å². The van der Waals surface area contributed by atoms with Crippen LogP contribution in [-0.2, 0) is 0 Å². The summed E-state index contributed by atoms with van der Waals surface area (Å²) in [5, 5.41) is 9.73. The van der Waals surface area contributed by atoms with Crippen LogP contribution in [-0.4, -0.2) is 11.9 Å². The SMILES string of the molecule is CN1C(c2ccccc2)C=C(c2ccccc2)NC1c1ccc(-c2c(Nc3ccccc3)ccc3c2oc2ccccc23)cc1. The first kappa shape index (κ1) is 27.0. The Hall–Kier alpha value is -5.58. The molecule has 8 rings (SSSR count). The average Bonchev–Trinajstić information content (AvgIpc) is 3.48. The van der Waals surface area contributed by atoms with Crippen molar-refractivity contribution in [2.24, 2.45) is 0 Å². The Balaban J connectivity index is 1.21. The van der Waals surface area contributed by atoms with Gasteiger partial charge in [-0.2, -0.15) is 0 Å². The predicted molar refractivity (Wildman–Crippen MR) is 186 cm³/mol. The summed E-state index contributed by atoms with van der Waals surface area (Å²) in [4.78, 5) is 2.40. The first-order valence-corrected chi connectivity index (χ1v) is 15.4. The first-order chi connectivity index (χ1) is 22.2. The summed E-state index contributed by atoms with van der Waals surface area (Å²) in [7, 11) is 2.19. The van der Waals surface area contributed by atoms with Gasteiger partial charge < -0.3 is 15.1 Å². The molecule has 4 nitrogen and oxygen atoms in total. The molecule has 0 radical (unpaired) electrons. The zero-order valence-corrected chi connectivity index (χ0v) is 25.0. The molecule has 2 N–H and O–H groups in total. The topological polar surface area (TPSA) is 40.4 Å². The number of fused-ring (bicyclic) bond motifs is 3. The smallest absolute Gasteiger partial charge is 0.145 e. The van der Waals surface area contributed by atoms with Gasteiger partial charge in [-0.1, -0.05) is 121 Å². The highest BCUT2D eigenvalue weighted by Crippen LogP contribution is 2.42. The van der Waals surface area contributed by atoms with Gasteiger partial charge in [-0.3, -0.25) is 4.90 Å². The van der Waals surface area contributed by atoms with Crippen molar-refractivity contribution in [2.45, 2.75) is 12.2 Å². The molecule has 7 aromatic rings. The number of anilines is 2. The minimum absolute atomic E-state index is 0.0200. The minimum Gasteiger partial charge on any atom is -0.455 e. The van der Waals surface area contributed by atoms with Gasteiger partial charge in [0.05, 0.1) is 11.7 Å². The van der Waals surface area contributed by atoms with Crippen molar-refractivity contribution in [3.63, 3.8) is 0 Å². The van der Waals surface area contributed by atoms with Gasteiger partial charge >= 0.3 is 0 Å². The molecule has 4 heteroatoms. The van der Waals surface area contributed by atoms with Crippen LogP contribution >= 0.6 is 0 Å². The van der Waals surface area contributed by atoms with Crippen molar-refractivity contribution in [3.8, 4) is 11.1 Å². The number of hydrogen-bond acceptors (Lipinski definition) is 4. The second-order valence-electron chi connectivity index (χ2n) is 11.6. The summed E-state index contributed by atoms with van der Waals surface area (Å²) in [6.45, 7) is 0. The van der Waals surface area contributed by atoms with Crippen molar-refractivity contribution in [2.75, 3.05) is 12.4 Å². The van der Waals surface area contributed by atoms with Gasteiger partial charge in [-0.15, -0.1) is 0 Å². The molecule has 2 heterocycles. The predicted octanol–water partition coefficient (Wildman–Crippen LogP) is 10.3. The molecule has 0 aliphatic carbocycles. The number of likely N-dealkylation sites (N-methyl/N-ethyl adjacent to an activating group) is 1. The van der Waals surface area contributed by atoms with Gasteiger partial charge in [0.25, 0.3) is 0 Å². The van der Waals surface area contributed by atoms with Gasteiger partial charge in [0.2, 0.25) is 0 Å². The van der Waals surface area contributed by atoms with Crippen LogP contribution in [0, 0.1) is 0 Å². The van der Waals surface area contributed by atoms with E-state index in [4.69, 9.17) is 4.42 Å². The molecule has 218 valence electrons. The van der Waals surface area contributed by atoms with E-state index in [1.807, 2.05) is 30.3 Å². The zero-order chi connectivity index (χ0) is 30.2. The number of rotatable bonds is 6. The summed E-state index contributed by atoms with van der Waals surface area (Å²) in [5.41, 5.74) is 10.7. The Bertz CT molecular complexity index is 2120. The molecule has 1 aliphatic rings. The van der Waals surface area contributed by atoms with Gasteiger partial charge in [-0.25, -0.2) is 0 Å². The van der Waals surface area contributed by atoms with Crippen molar-refractivity contribution >= 4 is 39.0 Å². The monoisotopic (exact) mass is 583 g/mol. The standard InChI is InChI=1S/C41H33N3O/c1-44-37(29-15-7-3-8-16-29)27-36(28-13-5-2-6-14-28)43-41(44)31-23-21-30(22-24-31)39-35(42-32-17-9-4-10-18-32)26-25-34-33-19-11-12-20-38(33)45-40(34)39/h2-27,37,41-43H,1H3. The van der Waals surface area contributed by atoms with Gasteiger partial charge in [0.1, 0.15) is 17.3 Å². The van der Waals surface area contributed by atoms with E-state index >= 15 is 0 Å². The van der Waals surface area contributed by atoms with E-state index in [-0.39, 0.29) is 12.2 Å². The number of nitrogens with one attached hydrogen (secondary N) is 2. The lowest BCUT2D eigenvalue weighted by molar-refractivity contribution is 0.176. The Labute approximate surface area is 263 Å². The summed E-state index contributed by atoms with van der Waals surface area (Å²) in [6, 6.07) is 53.2. The maximum atomic E-state index is 6.54. The molecular weight excluding hydrogens is 550 g/mol. The Morgan fingerprint density at radius 3 is 2.02 bits per heavy atom. The second-order valence-corrected chi connectivity index (χ2v) is 11.6. The van der Waals surface area contributed by atoms with Crippen LogP contribution in [0.2, 0.25) is 0 Å². The van der Waals surface area contributed by atoms with E-state index < -0.39 is 0 Å². The fraction of sp³-hybridized carbons (Fsp3) is 0.0732. The van der Waals surface area contributed by atoms with E-state index in [0.29, 0.717) is 0 Å². The van der Waals surface area contributed by atoms with E-state index in [2.05, 4.69) is 150 Å². The molecule has 0 spiro atoms. The molecule has 0 saturated carbocycles. The molecule has 0 amide bonds. The normalized spacial score (nSPS) is 16.8. The third-order valence-corrected chi connectivity index (χ3v) is 8.80. The van der Waals surface area contributed by atoms with Crippen molar-refractivity contribution in [1.82, 2.24) is 10.2 Å². The number of furan rings is 1. The summed E-state index contributed by atoms with van der Waals surface area (Å²) in [6.07, 6.45) is 2.31. The van der Waals surface area contributed by atoms with Gasteiger partial charge in [0, 0.05) is 27.7 Å². The highest BCUT2D eigenvalue weighted by molar-refractivity contribution is 6.12. The number of benzene rings is 6. The van der Waals surface area contributed by atoms with Crippen molar-refractivity contribution in [3.05, 3.63) is 174 Å². The molecule has 0 saturated heterocycles. The van der Waals surface area contributed by atoms with Crippen molar-refractivity contribution in [1.29, 1.82) is 0 Å². The summed E-state index contributed by atoms with van der Waals surface area (Å²) < 4.78 is 6.54. The average molecular weight is 584 g/mol. The van der Waals surface area contributed by atoms with E-state index in [0.717, 1.165) is 50.1 Å². The minimum atomic E-state index is -0.0200. The molecule has 0 bridgehead atoms. The van der Waals surface area contributed by atoms with Gasteiger partial charge in [0.15, 0.2) is 0 Å². The summed E-state index contributed by atoms with van der Waals surface area (Å²) >= 11 is 0. The largest absolute Gasteiger partial charge is 0.455 e. The van der Waals surface area contributed by atoms with Crippen LogP contribution in [0.4, 0.5) is 11.4 Å². The Morgan fingerprint density at radius 1 is 0.600 bits per heavy atom. The Morgan fingerprint density at radius 2 is 1.27 bits per heavy atom. The molecule has 1 aliphatic heterocycles. The lowest BCUT2D eigenvalue weighted by atomic mass is 9.95. The van der Waals surface area contributed by atoms with Crippen LogP contribution < -0.4 is 10.6 Å². The maximum absolute atomic E-state index is 6.54. The van der Waals surface area contributed by atoms with Gasteiger partial charge in [-0.05, 0) is 65.7 Å². The molecule has 45 heavy (non-hydrogen) atoms. The molecule has 6 aromatic carbocycles. The highest BCUT2D eigenvalue weighted by Gasteiger charge is 2.30. The maximum Gasteiger partial charge on any atom is 0.145 e. The molecule has 1 aromatic heterocycles. The first-order valence-electron chi connectivity index (χ1n) is 15.4. The third kappa shape index (κ3) is 5.05. The van der Waals surface area contributed by atoms with Crippen LogP contribution in [0.5, 0.6) is 0 Å². The zero-order valence-electron chi connectivity index (χ0n) is 25.0. The lowest BCUT2D eigenvalue weighted by Gasteiger charge is -2.40. The third-order valence-electron chi connectivity index (χ3n) is 8.80. The summed E-state index contributed by atoms with van der Waals surface area (Å²) in [5.74, 6) is 0. The van der Waals surface area contributed by atoms with Crippen molar-refractivity contribution < 1.29 is 4.42 Å². The molecule has 2 atom stereocenters. The fourth-order valence-electron chi connectivity index (χ4n) is 6.52.